The standard InChI is InChI=1S/C13H16O3/c1-13(2)9(15)5-7-11(13)10-6(12(7)16)3-4-8(10)14/h3-4,6-8,10-11,14H,5H2,1-2H3/t6-,7-,8?,10-,11+/m0/s1. The van der Waals surface area contributed by atoms with Gasteiger partial charge >= 0.3 is 0 Å². The van der Waals surface area contributed by atoms with Crippen LogP contribution in [0.3, 0.4) is 0 Å². The number of hydrogen-bond donors (Lipinski definition) is 1. The molecule has 0 aliphatic heterocycles. The number of hydrogen-bond acceptors (Lipinski definition) is 3. The summed E-state index contributed by atoms with van der Waals surface area (Å²) in [7, 11) is 0. The van der Waals surface area contributed by atoms with Gasteiger partial charge in [0.2, 0.25) is 0 Å². The third-order valence-corrected chi connectivity index (χ3v) is 4.82. The Hall–Kier alpha value is -0.960. The molecular weight excluding hydrogens is 204 g/mol. The number of Topliss-reactive ketones (excluding diaryl/α,β-unsaturated/α-hetero) is 2. The van der Waals surface area contributed by atoms with Crippen LogP contribution in [0.25, 0.3) is 0 Å². The molecule has 5 atom stereocenters. The second-order valence-corrected chi connectivity index (χ2v) is 5.86. The van der Waals surface area contributed by atoms with Crippen LogP contribution < -0.4 is 0 Å². The van der Waals surface area contributed by atoms with E-state index in [1.54, 1.807) is 6.08 Å². The van der Waals surface area contributed by atoms with E-state index >= 15 is 0 Å². The molecule has 2 saturated carbocycles. The molecule has 3 rings (SSSR count). The molecule has 0 radical (unpaired) electrons. The van der Waals surface area contributed by atoms with Crippen molar-refractivity contribution in [2.75, 3.05) is 0 Å². The molecule has 0 aromatic rings. The van der Waals surface area contributed by atoms with Gasteiger partial charge < -0.3 is 5.11 Å². The van der Waals surface area contributed by atoms with Crippen molar-refractivity contribution in [2.45, 2.75) is 26.4 Å². The molecule has 0 aromatic carbocycles. The van der Waals surface area contributed by atoms with Crippen LogP contribution in [0.2, 0.25) is 0 Å². The van der Waals surface area contributed by atoms with Crippen LogP contribution in [0.15, 0.2) is 12.2 Å². The monoisotopic (exact) mass is 220 g/mol. The molecular formula is C13H16O3. The minimum atomic E-state index is -0.547. The zero-order valence-corrected chi connectivity index (χ0v) is 9.51. The van der Waals surface area contributed by atoms with E-state index in [2.05, 4.69) is 0 Å². The summed E-state index contributed by atoms with van der Waals surface area (Å²) in [6, 6.07) is 0. The Morgan fingerprint density at radius 1 is 1.31 bits per heavy atom. The lowest BCUT2D eigenvalue weighted by Gasteiger charge is -2.31. The summed E-state index contributed by atoms with van der Waals surface area (Å²) in [5.74, 6) is 0.0334. The van der Waals surface area contributed by atoms with Crippen LogP contribution in [-0.4, -0.2) is 22.8 Å². The summed E-state index contributed by atoms with van der Waals surface area (Å²) in [5, 5.41) is 9.93. The Bertz CT molecular complexity index is 407. The van der Waals surface area contributed by atoms with Gasteiger partial charge in [0.25, 0.3) is 0 Å². The first-order valence-corrected chi connectivity index (χ1v) is 5.88. The summed E-state index contributed by atoms with van der Waals surface area (Å²) < 4.78 is 0. The molecule has 0 aromatic heterocycles. The van der Waals surface area contributed by atoms with Gasteiger partial charge in [-0.05, 0) is 5.92 Å². The van der Waals surface area contributed by atoms with Gasteiger partial charge in [0.05, 0.1) is 6.10 Å². The molecule has 86 valence electrons. The predicted molar refractivity (Wildman–Crippen MR) is 57.5 cm³/mol. The summed E-state index contributed by atoms with van der Waals surface area (Å²) in [6.07, 6.45) is 3.37. The molecule has 0 heterocycles. The summed E-state index contributed by atoms with van der Waals surface area (Å²) in [6.45, 7) is 3.83. The molecule has 1 unspecified atom stereocenters. The number of allylic oxidation sites excluding steroid dienone is 1. The maximum absolute atomic E-state index is 12.1. The van der Waals surface area contributed by atoms with E-state index in [9.17, 15) is 14.7 Å². The Labute approximate surface area is 94.5 Å². The Balaban J connectivity index is 2.06. The van der Waals surface area contributed by atoms with Gasteiger partial charge in [-0.3, -0.25) is 9.59 Å². The van der Waals surface area contributed by atoms with Crippen LogP contribution in [0.4, 0.5) is 0 Å². The van der Waals surface area contributed by atoms with Crippen molar-refractivity contribution >= 4 is 11.6 Å². The number of carbonyl (C=O) groups excluding carboxylic acids is 2. The van der Waals surface area contributed by atoms with Crippen molar-refractivity contribution < 1.29 is 14.7 Å². The maximum Gasteiger partial charge on any atom is 0.143 e. The van der Waals surface area contributed by atoms with Gasteiger partial charge in [-0.25, -0.2) is 0 Å². The molecule has 1 N–H and O–H groups in total. The van der Waals surface area contributed by atoms with Gasteiger partial charge in [0, 0.05) is 29.6 Å². The minimum absolute atomic E-state index is 0.0301. The lowest BCUT2D eigenvalue weighted by atomic mass is 9.72. The van der Waals surface area contributed by atoms with Crippen LogP contribution in [0.1, 0.15) is 20.3 Å². The largest absolute Gasteiger partial charge is 0.389 e. The second kappa shape index (κ2) is 2.83. The van der Waals surface area contributed by atoms with Crippen molar-refractivity contribution in [1.82, 2.24) is 0 Å². The third-order valence-electron chi connectivity index (χ3n) is 4.82. The van der Waals surface area contributed by atoms with Crippen molar-refractivity contribution in [3.8, 4) is 0 Å². The number of aliphatic hydroxyl groups is 1. The van der Waals surface area contributed by atoms with Crippen molar-refractivity contribution in [1.29, 1.82) is 0 Å². The Kier molecular flexibility index (Phi) is 1.81. The lowest BCUT2D eigenvalue weighted by Crippen LogP contribution is -2.35. The van der Waals surface area contributed by atoms with E-state index in [1.165, 1.54) is 0 Å². The first-order valence-electron chi connectivity index (χ1n) is 5.88. The Morgan fingerprint density at radius 2 is 2.00 bits per heavy atom. The van der Waals surface area contributed by atoms with Gasteiger partial charge in [-0.15, -0.1) is 0 Å². The van der Waals surface area contributed by atoms with Crippen LogP contribution in [-0.2, 0) is 9.59 Å². The van der Waals surface area contributed by atoms with E-state index in [0.717, 1.165) is 0 Å². The summed E-state index contributed by atoms with van der Waals surface area (Å²) in [4.78, 5) is 24.0. The van der Waals surface area contributed by atoms with E-state index in [4.69, 9.17) is 0 Å². The number of carbonyl (C=O) groups is 2. The Morgan fingerprint density at radius 3 is 2.69 bits per heavy atom. The fourth-order valence-corrected chi connectivity index (χ4v) is 3.98. The highest BCUT2D eigenvalue weighted by molar-refractivity contribution is 5.99. The SMILES string of the molecule is CC1(C)C(=O)C[C@@H]2C(=O)[C@H]3C=CC(O)[C@H]3[C@@H]21. The van der Waals surface area contributed by atoms with Crippen molar-refractivity contribution in [3.05, 3.63) is 12.2 Å². The quantitative estimate of drug-likeness (QED) is 0.619. The maximum atomic E-state index is 12.1. The van der Waals surface area contributed by atoms with Crippen LogP contribution in [0, 0.1) is 29.1 Å². The minimum Gasteiger partial charge on any atom is -0.389 e. The molecule has 0 amide bonds. The molecule has 2 fully saturated rings. The van der Waals surface area contributed by atoms with Crippen LogP contribution in [0.5, 0.6) is 0 Å². The normalized spacial score (nSPS) is 48.6. The van der Waals surface area contributed by atoms with Crippen molar-refractivity contribution in [2.24, 2.45) is 29.1 Å². The zero-order chi connectivity index (χ0) is 11.7. The molecule has 0 saturated heterocycles. The highest BCUT2D eigenvalue weighted by Gasteiger charge is 2.63. The van der Waals surface area contributed by atoms with Gasteiger partial charge in [-0.1, -0.05) is 26.0 Å². The van der Waals surface area contributed by atoms with E-state index < -0.39 is 11.5 Å². The smallest absolute Gasteiger partial charge is 0.143 e. The number of fused-ring (bicyclic) bond motifs is 3. The van der Waals surface area contributed by atoms with E-state index in [0.29, 0.717) is 6.42 Å². The number of ketones is 2. The van der Waals surface area contributed by atoms with E-state index in [-0.39, 0.29) is 35.2 Å². The molecule has 3 heteroatoms. The average Bonchev–Trinajstić information content (AvgIpc) is 2.76. The molecule has 16 heavy (non-hydrogen) atoms. The first kappa shape index (κ1) is 10.2. The fourth-order valence-electron chi connectivity index (χ4n) is 3.98. The number of aliphatic hydroxyl groups excluding tert-OH is 1. The fraction of sp³-hybridized carbons (Fsp3) is 0.692. The molecule has 3 aliphatic rings. The first-order chi connectivity index (χ1) is 7.44. The summed E-state index contributed by atoms with van der Waals surface area (Å²) in [5.41, 5.74) is -0.452. The van der Waals surface area contributed by atoms with Crippen molar-refractivity contribution in [3.63, 3.8) is 0 Å². The zero-order valence-electron chi connectivity index (χ0n) is 9.51. The molecule has 3 aliphatic carbocycles. The predicted octanol–water partition coefficient (Wildman–Crippen LogP) is 0.964. The third kappa shape index (κ3) is 0.975. The van der Waals surface area contributed by atoms with Crippen LogP contribution >= 0.6 is 0 Å². The second-order valence-electron chi connectivity index (χ2n) is 5.86. The topological polar surface area (TPSA) is 54.4 Å². The van der Waals surface area contributed by atoms with Gasteiger partial charge in [0.1, 0.15) is 11.6 Å². The van der Waals surface area contributed by atoms with Gasteiger partial charge in [-0.2, -0.15) is 0 Å². The molecule has 3 nitrogen and oxygen atoms in total. The highest BCUT2D eigenvalue weighted by atomic mass is 16.3. The van der Waals surface area contributed by atoms with E-state index in [1.807, 2.05) is 19.9 Å². The lowest BCUT2D eigenvalue weighted by molar-refractivity contribution is -0.128. The average molecular weight is 220 g/mol. The molecule has 0 bridgehead atoms. The summed E-state index contributed by atoms with van der Waals surface area (Å²) >= 11 is 0. The number of rotatable bonds is 0. The highest BCUT2D eigenvalue weighted by Crippen LogP contribution is 2.58. The molecule has 0 spiro atoms. The van der Waals surface area contributed by atoms with Gasteiger partial charge in [0.15, 0.2) is 0 Å².